The van der Waals surface area contributed by atoms with Gasteiger partial charge in [-0.2, -0.15) is 0 Å². The number of hydrogen-bond donors (Lipinski definition) is 2. The van der Waals surface area contributed by atoms with Gasteiger partial charge in [0.15, 0.2) is 6.61 Å². The van der Waals surface area contributed by atoms with E-state index in [1.807, 2.05) is 54.6 Å². The lowest BCUT2D eigenvalue weighted by atomic mass is 9.68. The molecule has 3 fully saturated rings. The smallest absolute Gasteiger partial charge is 0.305 e. The Morgan fingerprint density at radius 1 is 0.933 bits per heavy atom. The number of aromatic nitrogens is 1. The summed E-state index contributed by atoms with van der Waals surface area (Å²) in [6.07, 6.45) is 0.815. The predicted octanol–water partition coefficient (Wildman–Crippen LogP) is 5.14. The number of carbonyl (C=O) groups excluding carboxylic acids is 3. The maximum Gasteiger partial charge on any atom is 0.305 e. The number of amides is 3. The van der Waals surface area contributed by atoms with Crippen molar-refractivity contribution in [3.05, 3.63) is 99.0 Å². The lowest BCUT2D eigenvalue weighted by Crippen LogP contribution is -2.42. The first-order valence-corrected chi connectivity index (χ1v) is 16.6. The SMILES string of the molecule is COc1ccc(NC(=O)COc2cccc([C@@H]3c4sc(=O)[nH]c4S[C@@H]4[C@@H]5C[C@@H]([C@@H]6C(=O)N(c7ccccc7)C(=O)[C@@H]56)[C@H]34)c2)cc1. The molecule has 7 atom stereocenters. The lowest BCUT2D eigenvalue weighted by Gasteiger charge is -2.43. The summed E-state index contributed by atoms with van der Waals surface area (Å²) in [4.78, 5) is 58.2. The molecule has 2 aliphatic heterocycles. The fraction of sp³-hybridized carbons (Fsp3) is 0.294. The molecule has 45 heavy (non-hydrogen) atoms. The molecule has 9 nitrogen and oxygen atoms in total. The van der Waals surface area contributed by atoms with Gasteiger partial charge in [-0.25, -0.2) is 0 Å². The normalized spacial score (nSPS) is 27.6. The van der Waals surface area contributed by atoms with Crippen LogP contribution in [0.5, 0.6) is 11.5 Å². The third-order valence-corrected chi connectivity index (χ3v) is 12.3. The zero-order valence-corrected chi connectivity index (χ0v) is 25.8. The summed E-state index contributed by atoms with van der Waals surface area (Å²) in [5, 5.41) is 3.77. The second-order valence-corrected chi connectivity index (χ2v) is 14.1. The number of para-hydroxylation sites is 1. The summed E-state index contributed by atoms with van der Waals surface area (Å²) in [7, 11) is 1.58. The van der Waals surface area contributed by atoms with Crippen LogP contribution in [0.25, 0.3) is 0 Å². The van der Waals surface area contributed by atoms with Gasteiger partial charge in [-0.1, -0.05) is 41.7 Å². The van der Waals surface area contributed by atoms with Crippen LogP contribution >= 0.6 is 23.1 Å². The van der Waals surface area contributed by atoms with Crippen molar-refractivity contribution in [1.82, 2.24) is 4.98 Å². The highest BCUT2D eigenvalue weighted by molar-refractivity contribution is 8.00. The van der Waals surface area contributed by atoms with Crippen LogP contribution in [0.3, 0.4) is 0 Å². The van der Waals surface area contributed by atoms with Crippen LogP contribution in [0.1, 0.15) is 22.8 Å². The Balaban J connectivity index is 1.07. The summed E-state index contributed by atoms with van der Waals surface area (Å²) in [6.45, 7) is -0.175. The topological polar surface area (TPSA) is 118 Å². The Labute approximate surface area is 266 Å². The number of anilines is 2. The number of H-pyrrole nitrogens is 1. The number of thiazole rings is 1. The number of nitrogens with zero attached hydrogens (tertiary/aromatic N) is 1. The third-order valence-electron chi connectivity index (χ3n) is 9.70. The van der Waals surface area contributed by atoms with Gasteiger partial charge in [0.05, 0.1) is 29.7 Å². The van der Waals surface area contributed by atoms with E-state index in [4.69, 9.17) is 9.47 Å². The molecule has 11 heteroatoms. The molecular weight excluding hydrogens is 611 g/mol. The van der Waals surface area contributed by atoms with Crippen molar-refractivity contribution in [3.8, 4) is 11.5 Å². The van der Waals surface area contributed by atoms with E-state index in [2.05, 4.69) is 10.3 Å². The largest absolute Gasteiger partial charge is 0.497 e. The number of benzene rings is 3. The molecule has 0 spiro atoms. The number of fused-ring (bicyclic) bond motifs is 9. The standard InChI is InChI=1S/C34H29N3O6S2/c1-42-20-12-10-18(11-13-20)35-24(38)16-43-21-9-5-6-17(14-21)25-26-22-15-23(29(26)44-31-30(25)45-34(41)36-31)28-27(22)32(39)37(33(28)40)19-7-3-2-4-8-19/h2-14,22-23,25-29H,15-16H2,1H3,(H,35,38)(H,36,41)/t22-,23-,25+,26-,27+,28+,29-/m1/s1. The first kappa shape index (κ1) is 28.1. The van der Waals surface area contributed by atoms with Gasteiger partial charge in [0.2, 0.25) is 11.8 Å². The fourth-order valence-electron chi connectivity index (χ4n) is 8.04. The minimum absolute atomic E-state index is 0.0119. The van der Waals surface area contributed by atoms with E-state index in [9.17, 15) is 19.2 Å². The Morgan fingerprint density at radius 3 is 2.44 bits per heavy atom. The second-order valence-electron chi connectivity index (χ2n) is 11.9. The van der Waals surface area contributed by atoms with Crippen LogP contribution in [0.2, 0.25) is 0 Å². The zero-order valence-electron chi connectivity index (χ0n) is 24.2. The second kappa shape index (κ2) is 10.9. The number of imide groups is 1. The van der Waals surface area contributed by atoms with Crippen molar-refractivity contribution >= 4 is 52.2 Å². The molecule has 3 amide bonds. The van der Waals surface area contributed by atoms with Crippen molar-refractivity contribution in [3.63, 3.8) is 0 Å². The van der Waals surface area contributed by atoms with Gasteiger partial charge in [0.25, 0.3) is 5.91 Å². The minimum Gasteiger partial charge on any atom is -0.497 e. The number of hydrogen-bond acceptors (Lipinski definition) is 8. The molecule has 1 aromatic heterocycles. The first-order valence-electron chi connectivity index (χ1n) is 14.9. The predicted molar refractivity (Wildman–Crippen MR) is 171 cm³/mol. The average Bonchev–Trinajstić information content (AvgIpc) is 3.79. The summed E-state index contributed by atoms with van der Waals surface area (Å²) >= 11 is 2.87. The van der Waals surface area contributed by atoms with E-state index in [-0.39, 0.29) is 70.0 Å². The van der Waals surface area contributed by atoms with Crippen LogP contribution in [-0.2, 0) is 14.4 Å². The van der Waals surface area contributed by atoms with Crippen molar-refractivity contribution in [1.29, 1.82) is 0 Å². The van der Waals surface area contributed by atoms with E-state index >= 15 is 0 Å². The molecule has 1 saturated heterocycles. The van der Waals surface area contributed by atoms with Gasteiger partial charge in [0.1, 0.15) is 11.5 Å². The molecule has 4 aliphatic rings. The number of aromatic amines is 1. The van der Waals surface area contributed by atoms with Gasteiger partial charge < -0.3 is 19.8 Å². The van der Waals surface area contributed by atoms with Crippen molar-refractivity contribution < 1.29 is 23.9 Å². The van der Waals surface area contributed by atoms with Crippen LogP contribution in [0.15, 0.2) is 88.7 Å². The molecule has 3 heterocycles. The highest BCUT2D eigenvalue weighted by atomic mass is 32.2. The van der Waals surface area contributed by atoms with E-state index in [0.29, 0.717) is 22.9 Å². The molecule has 3 aromatic carbocycles. The van der Waals surface area contributed by atoms with Crippen molar-refractivity contribution in [2.45, 2.75) is 22.6 Å². The van der Waals surface area contributed by atoms with E-state index in [0.717, 1.165) is 21.9 Å². The van der Waals surface area contributed by atoms with Gasteiger partial charge in [-0.3, -0.25) is 24.1 Å². The monoisotopic (exact) mass is 639 g/mol. The molecule has 2 aliphatic carbocycles. The van der Waals surface area contributed by atoms with Gasteiger partial charge >= 0.3 is 4.87 Å². The van der Waals surface area contributed by atoms with Crippen LogP contribution in [0, 0.1) is 29.6 Å². The molecule has 228 valence electrons. The summed E-state index contributed by atoms with van der Waals surface area (Å²) in [5.41, 5.74) is 2.23. The average molecular weight is 640 g/mol. The number of nitrogens with one attached hydrogen (secondary N) is 2. The maximum absolute atomic E-state index is 13.9. The molecule has 8 rings (SSSR count). The first-order chi connectivity index (χ1) is 21.9. The minimum atomic E-state index is -0.370. The molecule has 2 N–H and O–H groups in total. The van der Waals surface area contributed by atoms with E-state index in [1.54, 1.807) is 43.1 Å². The van der Waals surface area contributed by atoms with Crippen molar-refractivity contribution in [2.24, 2.45) is 29.6 Å². The Kier molecular flexibility index (Phi) is 6.83. The van der Waals surface area contributed by atoms with Crippen molar-refractivity contribution in [2.75, 3.05) is 23.9 Å². The maximum atomic E-state index is 13.9. The van der Waals surface area contributed by atoms with E-state index < -0.39 is 0 Å². The molecule has 2 bridgehead atoms. The summed E-state index contributed by atoms with van der Waals surface area (Å²) < 4.78 is 11.1. The quantitative estimate of drug-likeness (QED) is 0.269. The molecular formula is C34H29N3O6S2. The lowest BCUT2D eigenvalue weighted by molar-refractivity contribution is -0.123. The number of methoxy groups -OCH3 is 1. The highest BCUT2D eigenvalue weighted by Gasteiger charge is 2.69. The number of ether oxygens (including phenoxy) is 2. The Bertz CT molecular complexity index is 1870. The molecule has 4 aromatic rings. The Morgan fingerprint density at radius 2 is 1.69 bits per heavy atom. The molecule has 0 radical (unpaired) electrons. The van der Waals surface area contributed by atoms with Gasteiger partial charge in [0, 0.05) is 21.7 Å². The molecule has 0 unspecified atom stereocenters. The fourth-order valence-corrected chi connectivity index (χ4v) is 10.9. The Hall–Kier alpha value is -4.35. The number of rotatable bonds is 7. The number of carbonyl (C=O) groups is 3. The van der Waals surface area contributed by atoms with Crippen LogP contribution in [-0.4, -0.2) is 41.7 Å². The van der Waals surface area contributed by atoms with Crippen LogP contribution in [0.4, 0.5) is 11.4 Å². The zero-order chi connectivity index (χ0) is 30.8. The summed E-state index contributed by atoms with van der Waals surface area (Å²) in [5.74, 6) is -0.00358. The van der Waals surface area contributed by atoms with E-state index in [1.165, 1.54) is 16.2 Å². The van der Waals surface area contributed by atoms with Crippen LogP contribution < -0.4 is 24.6 Å². The highest BCUT2D eigenvalue weighted by Crippen LogP contribution is 2.68. The number of thioether (sulfide) groups is 1. The van der Waals surface area contributed by atoms with Gasteiger partial charge in [-0.15, -0.1) is 11.8 Å². The molecule has 2 saturated carbocycles. The summed E-state index contributed by atoms with van der Waals surface area (Å²) in [6, 6.07) is 23.9. The van der Waals surface area contributed by atoms with Gasteiger partial charge in [-0.05, 0) is 78.3 Å². The third kappa shape index (κ3) is 4.59.